The summed E-state index contributed by atoms with van der Waals surface area (Å²) in [5.74, 6) is 2.22. The summed E-state index contributed by atoms with van der Waals surface area (Å²) < 4.78 is 21.8. The molecule has 0 unspecified atom stereocenters. The molecule has 0 spiro atoms. The van der Waals surface area contributed by atoms with Crippen LogP contribution in [0.2, 0.25) is 0 Å². The van der Waals surface area contributed by atoms with Gasteiger partial charge >= 0.3 is 0 Å². The molecular formula is C14H9BrN2O4. The number of halogens is 1. The van der Waals surface area contributed by atoms with Crippen LogP contribution in [0.4, 0.5) is 5.82 Å². The Morgan fingerprint density at radius 1 is 1.14 bits per heavy atom. The van der Waals surface area contributed by atoms with Gasteiger partial charge in [0.2, 0.25) is 6.79 Å². The van der Waals surface area contributed by atoms with E-state index in [1.54, 1.807) is 12.3 Å². The van der Waals surface area contributed by atoms with Crippen molar-refractivity contribution in [3.63, 3.8) is 0 Å². The molecule has 3 heterocycles. The number of nitrogens with two attached hydrogens (primary N) is 1. The fourth-order valence-electron chi connectivity index (χ4n) is 2.27. The molecular weight excluding hydrogens is 340 g/mol. The summed E-state index contributed by atoms with van der Waals surface area (Å²) in [4.78, 5) is 0. The van der Waals surface area contributed by atoms with E-state index in [1.807, 2.05) is 18.2 Å². The van der Waals surface area contributed by atoms with Gasteiger partial charge < -0.3 is 24.1 Å². The molecule has 0 bridgehead atoms. The first kappa shape index (κ1) is 12.3. The maximum absolute atomic E-state index is 5.95. The van der Waals surface area contributed by atoms with Crippen LogP contribution in [0.25, 0.3) is 22.5 Å². The molecule has 2 N–H and O–H groups in total. The number of benzene rings is 1. The van der Waals surface area contributed by atoms with Crippen molar-refractivity contribution in [3.05, 3.63) is 35.2 Å². The standard InChI is InChI=1S/C14H9BrN2O4/c15-13-8(3-4-18-13)12-11(14(16)17-21-12)7-1-2-9-10(5-7)20-6-19-9/h1-5H,6H2,(H2,16,17). The van der Waals surface area contributed by atoms with E-state index in [2.05, 4.69) is 21.1 Å². The van der Waals surface area contributed by atoms with Crippen LogP contribution in [0.1, 0.15) is 0 Å². The van der Waals surface area contributed by atoms with Crippen LogP contribution in [0, 0.1) is 0 Å². The fraction of sp³-hybridized carbons (Fsp3) is 0.0714. The van der Waals surface area contributed by atoms with Gasteiger partial charge in [-0.25, -0.2) is 0 Å². The smallest absolute Gasteiger partial charge is 0.231 e. The number of nitrogens with zero attached hydrogens (tertiary/aromatic N) is 1. The Balaban J connectivity index is 1.89. The first-order valence-electron chi connectivity index (χ1n) is 6.12. The molecule has 0 saturated heterocycles. The quantitative estimate of drug-likeness (QED) is 0.760. The molecule has 0 radical (unpaired) electrons. The van der Waals surface area contributed by atoms with Crippen LogP contribution in [0.15, 0.2) is 44.1 Å². The Bertz CT molecular complexity index is 824. The highest BCUT2D eigenvalue weighted by Crippen LogP contribution is 2.43. The third kappa shape index (κ3) is 1.89. The highest BCUT2D eigenvalue weighted by Gasteiger charge is 2.23. The van der Waals surface area contributed by atoms with Gasteiger partial charge in [0, 0.05) is 0 Å². The number of aromatic nitrogens is 1. The molecule has 6 nitrogen and oxygen atoms in total. The zero-order valence-corrected chi connectivity index (χ0v) is 12.2. The first-order chi connectivity index (χ1) is 10.2. The molecule has 1 aromatic carbocycles. The highest BCUT2D eigenvalue weighted by atomic mass is 79.9. The van der Waals surface area contributed by atoms with Gasteiger partial charge in [-0.1, -0.05) is 11.2 Å². The number of furan rings is 1. The van der Waals surface area contributed by atoms with E-state index in [-0.39, 0.29) is 6.79 Å². The summed E-state index contributed by atoms with van der Waals surface area (Å²) in [6.45, 7) is 0.220. The van der Waals surface area contributed by atoms with Gasteiger partial charge in [0.1, 0.15) is 0 Å². The molecule has 0 atom stereocenters. The Labute approximate surface area is 127 Å². The van der Waals surface area contributed by atoms with Crippen molar-refractivity contribution in [2.24, 2.45) is 0 Å². The normalized spacial score (nSPS) is 12.8. The fourth-order valence-corrected chi connectivity index (χ4v) is 2.69. The van der Waals surface area contributed by atoms with Gasteiger partial charge in [-0.2, -0.15) is 0 Å². The molecule has 0 saturated carbocycles. The monoisotopic (exact) mass is 348 g/mol. The van der Waals surface area contributed by atoms with Crippen LogP contribution in [-0.2, 0) is 0 Å². The van der Waals surface area contributed by atoms with Gasteiger partial charge in [-0.15, -0.1) is 0 Å². The van der Waals surface area contributed by atoms with E-state index < -0.39 is 0 Å². The van der Waals surface area contributed by atoms with Crippen LogP contribution in [-0.4, -0.2) is 11.9 Å². The third-order valence-electron chi connectivity index (χ3n) is 3.24. The lowest BCUT2D eigenvalue weighted by atomic mass is 10.0. The van der Waals surface area contributed by atoms with Gasteiger partial charge in [-0.05, 0) is 39.7 Å². The van der Waals surface area contributed by atoms with Gasteiger partial charge in [-0.3, -0.25) is 0 Å². The Kier molecular flexibility index (Phi) is 2.68. The zero-order chi connectivity index (χ0) is 14.4. The van der Waals surface area contributed by atoms with E-state index in [0.717, 1.165) is 11.1 Å². The van der Waals surface area contributed by atoms with Gasteiger partial charge in [0.25, 0.3) is 0 Å². The molecule has 106 valence electrons. The summed E-state index contributed by atoms with van der Waals surface area (Å²) in [6, 6.07) is 7.34. The minimum atomic E-state index is 0.220. The van der Waals surface area contributed by atoms with E-state index in [0.29, 0.717) is 33.3 Å². The van der Waals surface area contributed by atoms with E-state index >= 15 is 0 Å². The second-order valence-electron chi connectivity index (χ2n) is 4.45. The second-order valence-corrected chi connectivity index (χ2v) is 5.17. The average Bonchev–Trinajstić information content (AvgIpc) is 3.17. The minimum absolute atomic E-state index is 0.220. The summed E-state index contributed by atoms with van der Waals surface area (Å²) in [5.41, 5.74) is 8.22. The lowest BCUT2D eigenvalue weighted by Crippen LogP contribution is -1.93. The van der Waals surface area contributed by atoms with Crippen molar-refractivity contribution in [3.8, 4) is 33.9 Å². The number of ether oxygens (including phenoxy) is 2. The highest BCUT2D eigenvalue weighted by molar-refractivity contribution is 9.10. The van der Waals surface area contributed by atoms with Crippen molar-refractivity contribution < 1.29 is 18.4 Å². The first-order valence-corrected chi connectivity index (χ1v) is 6.92. The van der Waals surface area contributed by atoms with Crippen LogP contribution >= 0.6 is 15.9 Å². The van der Waals surface area contributed by atoms with Gasteiger partial charge in [0.05, 0.1) is 17.4 Å². The number of rotatable bonds is 2. The summed E-state index contributed by atoms with van der Waals surface area (Å²) >= 11 is 3.33. The van der Waals surface area contributed by atoms with E-state index in [1.165, 1.54) is 0 Å². The Morgan fingerprint density at radius 3 is 2.81 bits per heavy atom. The second kappa shape index (κ2) is 4.56. The maximum Gasteiger partial charge on any atom is 0.231 e. The van der Waals surface area contributed by atoms with Crippen molar-refractivity contribution in [1.82, 2.24) is 5.16 Å². The van der Waals surface area contributed by atoms with Crippen LogP contribution in [0.3, 0.4) is 0 Å². The molecule has 7 heteroatoms. The molecule has 1 aliphatic rings. The van der Waals surface area contributed by atoms with Crippen molar-refractivity contribution in [2.45, 2.75) is 0 Å². The molecule has 0 aliphatic carbocycles. The Hall–Kier alpha value is -2.41. The number of hydrogen-bond donors (Lipinski definition) is 1. The van der Waals surface area contributed by atoms with Crippen molar-refractivity contribution in [1.29, 1.82) is 0 Å². The number of anilines is 1. The van der Waals surface area contributed by atoms with E-state index in [9.17, 15) is 0 Å². The number of hydrogen-bond acceptors (Lipinski definition) is 6. The molecule has 0 amide bonds. The summed E-state index contributed by atoms with van der Waals surface area (Å²) in [7, 11) is 0. The lowest BCUT2D eigenvalue weighted by molar-refractivity contribution is 0.174. The van der Waals surface area contributed by atoms with Crippen molar-refractivity contribution in [2.75, 3.05) is 12.5 Å². The molecule has 3 aromatic rings. The Morgan fingerprint density at radius 2 is 2.00 bits per heavy atom. The molecule has 1 aliphatic heterocycles. The summed E-state index contributed by atoms with van der Waals surface area (Å²) in [5, 5.41) is 3.85. The summed E-state index contributed by atoms with van der Waals surface area (Å²) in [6.07, 6.45) is 1.56. The predicted molar refractivity (Wildman–Crippen MR) is 77.9 cm³/mol. The largest absolute Gasteiger partial charge is 0.457 e. The van der Waals surface area contributed by atoms with E-state index in [4.69, 9.17) is 24.1 Å². The number of nitrogen functional groups attached to an aromatic ring is 1. The minimum Gasteiger partial charge on any atom is -0.457 e. The lowest BCUT2D eigenvalue weighted by Gasteiger charge is -2.03. The molecule has 4 rings (SSSR count). The number of fused-ring (bicyclic) bond motifs is 1. The van der Waals surface area contributed by atoms with Crippen molar-refractivity contribution >= 4 is 21.7 Å². The van der Waals surface area contributed by atoms with Crippen LogP contribution < -0.4 is 15.2 Å². The molecule has 21 heavy (non-hydrogen) atoms. The van der Waals surface area contributed by atoms with Gasteiger partial charge in [0.15, 0.2) is 27.7 Å². The maximum atomic E-state index is 5.95. The third-order valence-corrected chi connectivity index (χ3v) is 3.86. The zero-order valence-electron chi connectivity index (χ0n) is 10.6. The molecule has 0 fully saturated rings. The topological polar surface area (TPSA) is 83.7 Å². The average molecular weight is 349 g/mol. The molecule has 2 aromatic heterocycles. The SMILES string of the molecule is Nc1noc(-c2ccoc2Br)c1-c1ccc2c(c1)OCO2. The predicted octanol–water partition coefficient (Wildman–Crippen LogP) is 3.68. The van der Waals surface area contributed by atoms with Crippen LogP contribution in [0.5, 0.6) is 11.5 Å².